The second-order valence-corrected chi connectivity index (χ2v) is 7.13. The van der Waals surface area contributed by atoms with Crippen LogP contribution in [-0.2, 0) is 0 Å². The van der Waals surface area contributed by atoms with E-state index in [9.17, 15) is 0 Å². The molecule has 0 fully saturated rings. The van der Waals surface area contributed by atoms with E-state index in [1.807, 2.05) is 41.1 Å². The van der Waals surface area contributed by atoms with Crippen molar-refractivity contribution in [3.05, 3.63) is 53.6 Å². The van der Waals surface area contributed by atoms with Gasteiger partial charge in [-0.2, -0.15) is 0 Å². The number of ether oxygens (including phenoxy) is 2. The fraction of sp³-hybridized carbons (Fsp3) is 0.222. The molecule has 0 N–H and O–H groups in total. The summed E-state index contributed by atoms with van der Waals surface area (Å²) in [7, 11) is 6.99. The first-order valence-corrected chi connectivity index (χ1v) is 9.38. The molecular weight excluding hydrogens is 312 g/mol. The molecule has 2 aromatic carbocycles. The van der Waals surface area contributed by atoms with Crippen molar-refractivity contribution in [3.8, 4) is 11.5 Å². The van der Waals surface area contributed by atoms with Crippen LogP contribution >= 0.6 is 21.6 Å². The van der Waals surface area contributed by atoms with Crippen LogP contribution in [0.15, 0.2) is 47.4 Å². The Morgan fingerprint density at radius 3 is 2.23 bits per heavy atom. The molecule has 0 atom stereocenters. The van der Waals surface area contributed by atoms with Gasteiger partial charge in [-0.15, -0.1) is 0 Å². The lowest BCUT2D eigenvalue weighted by atomic mass is 10.1. The number of hydrogen-bond donors (Lipinski definition) is 0. The molecule has 0 radical (unpaired) electrons. The Balaban J connectivity index is 2.20. The van der Waals surface area contributed by atoms with E-state index in [0.29, 0.717) is 0 Å². The van der Waals surface area contributed by atoms with Crippen molar-refractivity contribution in [2.45, 2.75) is 11.8 Å². The lowest BCUT2D eigenvalue weighted by Gasteiger charge is -2.07. The Morgan fingerprint density at radius 1 is 0.909 bits per heavy atom. The lowest BCUT2D eigenvalue weighted by molar-refractivity contribution is 0.413. The van der Waals surface area contributed by atoms with Crippen molar-refractivity contribution in [1.29, 1.82) is 0 Å². The Morgan fingerprint density at radius 2 is 1.59 bits per heavy atom. The van der Waals surface area contributed by atoms with Crippen LogP contribution in [0.1, 0.15) is 18.1 Å². The molecule has 0 unspecified atom stereocenters. The van der Waals surface area contributed by atoms with Gasteiger partial charge in [0, 0.05) is 10.6 Å². The van der Waals surface area contributed by atoms with Gasteiger partial charge in [0.15, 0.2) is 0 Å². The van der Waals surface area contributed by atoms with Gasteiger partial charge in [0.1, 0.15) is 11.5 Å². The predicted molar refractivity (Wildman–Crippen MR) is 98.9 cm³/mol. The number of rotatable bonds is 7. The van der Waals surface area contributed by atoms with E-state index in [-0.39, 0.29) is 0 Å². The standard InChI is InChI=1S/C18H20O2S2/c1-4-21-22-18-13-17(20-3)12-9-15(18)8-5-14-6-10-16(19-2)11-7-14/h5-13H,4H2,1-3H3. The van der Waals surface area contributed by atoms with E-state index in [4.69, 9.17) is 9.47 Å². The minimum absolute atomic E-state index is 0.872. The molecule has 2 nitrogen and oxygen atoms in total. The van der Waals surface area contributed by atoms with Crippen molar-refractivity contribution < 1.29 is 9.47 Å². The summed E-state index contributed by atoms with van der Waals surface area (Å²) in [5.41, 5.74) is 2.35. The number of hydrogen-bond acceptors (Lipinski definition) is 4. The zero-order chi connectivity index (χ0) is 15.8. The zero-order valence-electron chi connectivity index (χ0n) is 13.0. The van der Waals surface area contributed by atoms with Gasteiger partial charge in [-0.05, 0) is 35.4 Å². The van der Waals surface area contributed by atoms with Crippen LogP contribution in [0.25, 0.3) is 12.2 Å². The van der Waals surface area contributed by atoms with Gasteiger partial charge in [-0.1, -0.05) is 58.9 Å². The molecule has 0 saturated heterocycles. The fourth-order valence-electron chi connectivity index (χ4n) is 1.87. The molecule has 0 aliphatic rings. The first kappa shape index (κ1) is 16.8. The van der Waals surface area contributed by atoms with Crippen LogP contribution in [0.2, 0.25) is 0 Å². The van der Waals surface area contributed by atoms with Gasteiger partial charge in [-0.3, -0.25) is 0 Å². The molecule has 0 saturated carbocycles. The molecule has 0 amide bonds. The minimum atomic E-state index is 0.872. The Kier molecular flexibility index (Phi) is 6.74. The summed E-state index contributed by atoms with van der Waals surface area (Å²) in [5, 5.41) is 0. The van der Waals surface area contributed by atoms with E-state index in [2.05, 4.69) is 31.2 Å². The highest BCUT2D eigenvalue weighted by atomic mass is 33.1. The van der Waals surface area contributed by atoms with Crippen molar-refractivity contribution >= 4 is 33.7 Å². The van der Waals surface area contributed by atoms with E-state index in [1.54, 1.807) is 25.0 Å². The summed E-state index contributed by atoms with van der Waals surface area (Å²) >= 11 is 0. The van der Waals surface area contributed by atoms with Crippen LogP contribution in [0, 0.1) is 0 Å². The summed E-state index contributed by atoms with van der Waals surface area (Å²) in [6.45, 7) is 2.16. The highest BCUT2D eigenvalue weighted by Gasteiger charge is 2.03. The van der Waals surface area contributed by atoms with Gasteiger partial charge in [0.25, 0.3) is 0 Å². The molecule has 0 spiro atoms. The molecule has 0 aliphatic heterocycles. The average Bonchev–Trinajstić information content (AvgIpc) is 2.58. The molecule has 0 bridgehead atoms. The molecule has 0 heterocycles. The molecule has 4 heteroatoms. The van der Waals surface area contributed by atoms with Crippen molar-refractivity contribution in [2.24, 2.45) is 0 Å². The third kappa shape index (κ3) is 4.75. The smallest absolute Gasteiger partial charge is 0.120 e. The second-order valence-electron chi connectivity index (χ2n) is 4.50. The highest BCUT2D eigenvalue weighted by Crippen LogP contribution is 2.36. The maximum absolute atomic E-state index is 5.32. The quantitative estimate of drug-likeness (QED) is 0.482. The van der Waals surface area contributed by atoms with Gasteiger partial charge in [-0.25, -0.2) is 0 Å². The van der Waals surface area contributed by atoms with Gasteiger partial charge >= 0.3 is 0 Å². The average molecular weight is 332 g/mol. The number of benzene rings is 2. The van der Waals surface area contributed by atoms with E-state index in [0.717, 1.165) is 22.8 Å². The van der Waals surface area contributed by atoms with Crippen LogP contribution in [0.3, 0.4) is 0 Å². The largest absolute Gasteiger partial charge is 0.497 e. The maximum Gasteiger partial charge on any atom is 0.120 e. The van der Waals surface area contributed by atoms with E-state index >= 15 is 0 Å². The van der Waals surface area contributed by atoms with E-state index in [1.165, 1.54) is 10.5 Å². The Bertz CT molecular complexity index is 621. The Labute approximate surface area is 140 Å². The normalized spacial score (nSPS) is 10.9. The van der Waals surface area contributed by atoms with Gasteiger partial charge in [0.05, 0.1) is 14.2 Å². The van der Waals surface area contributed by atoms with Crippen LogP contribution in [-0.4, -0.2) is 20.0 Å². The second kappa shape index (κ2) is 8.81. The molecule has 2 aromatic rings. The monoisotopic (exact) mass is 332 g/mol. The SMILES string of the molecule is CCSSc1cc(OC)ccc1C=Cc1ccc(OC)cc1. The molecule has 2 rings (SSSR count). The van der Waals surface area contributed by atoms with Crippen molar-refractivity contribution in [3.63, 3.8) is 0 Å². The Hall–Kier alpha value is -1.52. The predicted octanol–water partition coefficient (Wildman–Crippen LogP) is 5.63. The highest BCUT2D eigenvalue weighted by molar-refractivity contribution is 8.76. The zero-order valence-corrected chi connectivity index (χ0v) is 14.7. The van der Waals surface area contributed by atoms with Crippen LogP contribution in [0.4, 0.5) is 0 Å². The van der Waals surface area contributed by atoms with E-state index < -0.39 is 0 Å². The van der Waals surface area contributed by atoms with Gasteiger partial charge in [0.2, 0.25) is 0 Å². The third-order valence-electron chi connectivity index (χ3n) is 3.06. The lowest BCUT2D eigenvalue weighted by Crippen LogP contribution is -1.85. The summed E-state index contributed by atoms with van der Waals surface area (Å²) < 4.78 is 10.5. The minimum Gasteiger partial charge on any atom is -0.497 e. The summed E-state index contributed by atoms with van der Waals surface area (Å²) in [6.07, 6.45) is 4.25. The van der Waals surface area contributed by atoms with Gasteiger partial charge < -0.3 is 9.47 Å². The molecular formula is C18H20O2S2. The fourth-order valence-corrected chi connectivity index (χ4v) is 3.68. The van der Waals surface area contributed by atoms with Crippen molar-refractivity contribution in [2.75, 3.05) is 20.0 Å². The molecule has 116 valence electrons. The molecule has 22 heavy (non-hydrogen) atoms. The first-order valence-electron chi connectivity index (χ1n) is 7.06. The van der Waals surface area contributed by atoms with Crippen LogP contribution in [0.5, 0.6) is 11.5 Å². The first-order chi connectivity index (χ1) is 10.8. The molecule has 0 aromatic heterocycles. The third-order valence-corrected chi connectivity index (χ3v) is 5.54. The topological polar surface area (TPSA) is 18.5 Å². The number of methoxy groups -OCH3 is 2. The maximum atomic E-state index is 5.32. The molecule has 0 aliphatic carbocycles. The van der Waals surface area contributed by atoms with Crippen molar-refractivity contribution in [1.82, 2.24) is 0 Å². The summed E-state index contributed by atoms with van der Waals surface area (Å²) in [6, 6.07) is 14.2. The summed E-state index contributed by atoms with van der Waals surface area (Å²) in [5.74, 6) is 2.83. The summed E-state index contributed by atoms with van der Waals surface area (Å²) in [4.78, 5) is 1.22. The van der Waals surface area contributed by atoms with Crippen LogP contribution < -0.4 is 9.47 Å².